The first kappa shape index (κ1) is 17.4. The van der Waals surface area contributed by atoms with Crippen molar-refractivity contribution in [2.75, 3.05) is 0 Å². The maximum atomic E-state index is 12.8. The minimum absolute atomic E-state index is 0.0122. The molecule has 1 amide bonds. The van der Waals surface area contributed by atoms with Gasteiger partial charge in [0.25, 0.3) is 0 Å². The molecule has 0 heterocycles. The second-order valence-electron chi connectivity index (χ2n) is 6.44. The maximum Gasteiger partial charge on any atom is 0.387 e. The molecule has 0 atom stereocenters. The quantitative estimate of drug-likeness (QED) is 0.747. The highest BCUT2D eigenvalue weighted by molar-refractivity contribution is 5.79. The number of ether oxygens (including phenoxy) is 1. The number of halogens is 2. The number of hydrogen-bond acceptors (Lipinski definition) is 2. The summed E-state index contributed by atoms with van der Waals surface area (Å²) in [6, 6.07) is 14.8. The molecule has 0 unspecified atom stereocenters. The Morgan fingerprint density at radius 1 is 1.16 bits per heavy atom. The molecular formula is C20H21F2NO2. The second kappa shape index (κ2) is 7.64. The number of hydrogen-bond donors (Lipinski definition) is 0. The minimum atomic E-state index is -2.87. The van der Waals surface area contributed by atoms with Crippen molar-refractivity contribution in [3.8, 4) is 5.75 Å². The van der Waals surface area contributed by atoms with E-state index >= 15 is 0 Å². The predicted molar refractivity (Wildman–Crippen MR) is 91.5 cm³/mol. The third-order valence-electron chi connectivity index (χ3n) is 4.22. The van der Waals surface area contributed by atoms with Crippen LogP contribution in [0.4, 0.5) is 8.78 Å². The van der Waals surface area contributed by atoms with Crippen molar-refractivity contribution in [2.45, 2.75) is 45.4 Å². The summed E-state index contributed by atoms with van der Waals surface area (Å²) < 4.78 is 29.1. The van der Waals surface area contributed by atoms with Crippen LogP contribution in [0.3, 0.4) is 0 Å². The average molecular weight is 345 g/mol. The Morgan fingerprint density at radius 2 is 1.88 bits per heavy atom. The van der Waals surface area contributed by atoms with Gasteiger partial charge >= 0.3 is 6.61 Å². The number of alkyl halides is 2. The van der Waals surface area contributed by atoms with Crippen molar-refractivity contribution in [3.63, 3.8) is 0 Å². The minimum Gasteiger partial charge on any atom is -0.435 e. The molecule has 5 heteroatoms. The molecule has 0 spiro atoms. The monoisotopic (exact) mass is 345 g/mol. The van der Waals surface area contributed by atoms with Crippen LogP contribution in [0.1, 0.15) is 29.5 Å². The van der Waals surface area contributed by atoms with Crippen LogP contribution in [0.15, 0.2) is 48.5 Å². The van der Waals surface area contributed by atoms with Gasteiger partial charge in [-0.2, -0.15) is 8.78 Å². The molecule has 0 aliphatic heterocycles. The molecule has 1 aliphatic carbocycles. The van der Waals surface area contributed by atoms with E-state index in [4.69, 9.17) is 0 Å². The summed E-state index contributed by atoms with van der Waals surface area (Å²) in [6.45, 7) is -0.255. The first-order valence-electron chi connectivity index (χ1n) is 8.40. The summed E-state index contributed by atoms with van der Waals surface area (Å²) in [5, 5.41) is 0. The van der Waals surface area contributed by atoms with Crippen LogP contribution < -0.4 is 4.74 Å². The van der Waals surface area contributed by atoms with E-state index < -0.39 is 6.61 Å². The molecule has 1 fully saturated rings. The maximum absolute atomic E-state index is 12.8. The van der Waals surface area contributed by atoms with Gasteiger partial charge in [-0.25, -0.2) is 0 Å². The van der Waals surface area contributed by atoms with Crippen molar-refractivity contribution in [2.24, 2.45) is 0 Å². The molecule has 0 radical (unpaired) electrons. The number of rotatable bonds is 7. The topological polar surface area (TPSA) is 29.5 Å². The zero-order valence-electron chi connectivity index (χ0n) is 14.1. The van der Waals surface area contributed by atoms with E-state index in [-0.39, 0.29) is 24.1 Å². The standard InChI is InChI=1S/C20H21F2NO2/c1-14-4-2-6-16(10-14)13-23(17-8-9-17)19(24)12-15-5-3-7-18(11-15)25-20(21)22/h2-7,10-11,17,20H,8-9,12-13H2,1H3. The summed E-state index contributed by atoms with van der Waals surface area (Å²) >= 11 is 0. The van der Waals surface area contributed by atoms with Crippen LogP contribution >= 0.6 is 0 Å². The van der Waals surface area contributed by atoms with Crippen LogP contribution in [0.25, 0.3) is 0 Å². The van der Waals surface area contributed by atoms with Gasteiger partial charge in [-0.15, -0.1) is 0 Å². The fraction of sp³-hybridized carbons (Fsp3) is 0.350. The molecular weight excluding hydrogens is 324 g/mol. The number of benzene rings is 2. The van der Waals surface area contributed by atoms with E-state index in [1.165, 1.54) is 12.1 Å². The van der Waals surface area contributed by atoms with E-state index in [1.807, 2.05) is 30.0 Å². The zero-order valence-corrected chi connectivity index (χ0v) is 14.1. The van der Waals surface area contributed by atoms with Crippen molar-refractivity contribution in [1.82, 2.24) is 4.90 Å². The first-order valence-corrected chi connectivity index (χ1v) is 8.40. The fourth-order valence-electron chi connectivity index (χ4n) is 2.92. The number of carbonyl (C=O) groups excluding carboxylic acids is 1. The molecule has 0 N–H and O–H groups in total. The summed E-state index contributed by atoms with van der Waals surface area (Å²) in [4.78, 5) is 14.7. The van der Waals surface area contributed by atoms with Crippen molar-refractivity contribution >= 4 is 5.91 Å². The lowest BCUT2D eigenvalue weighted by molar-refractivity contribution is -0.131. The molecule has 2 aromatic carbocycles. The Kier molecular flexibility index (Phi) is 5.31. The van der Waals surface area contributed by atoms with E-state index in [9.17, 15) is 13.6 Å². The number of amides is 1. The highest BCUT2D eigenvalue weighted by Gasteiger charge is 2.32. The molecule has 0 aromatic heterocycles. The van der Waals surface area contributed by atoms with Gasteiger partial charge in [-0.05, 0) is 43.0 Å². The summed E-state index contributed by atoms with van der Waals surface area (Å²) in [5.41, 5.74) is 2.95. The smallest absolute Gasteiger partial charge is 0.387 e. The van der Waals surface area contributed by atoms with Gasteiger partial charge in [0.05, 0.1) is 6.42 Å². The van der Waals surface area contributed by atoms with Gasteiger partial charge in [0.2, 0.25) is 5.91 Å². The van der Waals surface area contributed by atoms with Crippen molar-refractivity contribution < 1.29 is 18.3 Å². The normalized spacial score (nSPS) is 13.8. The van der Waals surface area contributed by atoms with Gasteiger partial charge < -0.3 is 9.64 Å². The molecule has 2 aromatic rings. The number of aryl methyl sites for hydroxylation is 1. The van der Waals surface area contributed by atoms with E-state index in [1.54, 1.807) is 12.1 Å². The fourth-order valence-corrected chi connectivity index (χ4v) is 2.92. The van der Waals surface area contributed by atoms with Gasteiger partial charge in [-0.3, -0.25) is 4.79 Å². The Bertz CT molecular complexity index is 744. The van der Waals surface area contributed by atoms with Crippen LogP contribution in [0, 0.1) is 6.92 Å². The Balaban J connectivity index is 1.69. The molecule has 3 nitrogen and oxygen atoms in total. The van der Waals surface area contributed by atoms with Crippen LogP contribution in [0.5, 0.6) is 5.75 Å². The van der Waals surface area contributed by atoms with Crippen LogP contribution in [-0.2, 0) is 17.8 Å². The van der Waals surface area contributed by atoms with Gasteiger partial charge in [0.1, 0.15) is 5.75 Å². The third-order valence-corrected chi connectivity index (χ3v) is 4.22. The lowest BCUT2D eigenvalue weighted by atomic mass is 10.1. The summed E-state index contributed by atoms with van der Waals surface area (Å²) in [6.07, 6.45) is 2.22. The lowest BCUT2D eigenvalue weighted by Crippen LogP contribution is -2.33. The van der Waals surface area contributed by atoms with E-state index in [0.717, 1.165) is 24.0 Å². The number of carbonyl (C=O) groups is 1. The lowest BCUT2D eigenvalue weighted by Gasteiger charge is -2.23. The first-order chi connectivity index (χ1) is 12.0. The average Bonchev–Trinajstić information content (AvgIpc) is 3.37. The molecule has 132 valence electrons. The summed E-state index contributed by atoms with van der Waals surface area (Å²) in [7, 11) is 0. The molecule has 1 saturated carbocycles. The van der Waals surface area contributed by atoms with Crippen molar-refractivity contribution in [3.05, 3.63) is 65.2 Å². The third kappa shape index (κ3) is 5.02. The SMILES string of the molecule is Cc1cccc(CN(C(=O)Cc2cccc(OC(F)F)c2)C2CC2)c1. The molecule has 25 heavy (non-hydrogen) atoms. The highest BCUT2D eigenvalue weighted by atomic mass is 19.3. The Morgan fingerprint density at radius 3 is 2.56 bits per heavy atom. The molecule has 1 aliphatic rings. The largest absolute Gasteiger partial charge is 0.435 e. The molecule has 3 rings (SSSR count). The Hall–Kier alpha value is -2.43. The zero-order chi connectivity index (χ0) is 17.8. The van der Waals surface area contributed by atoms with E-state index in [0.29, 0.717) is 12.1 Å². The number of nitrogens with zero attached hydrogens (tertiary/aromatic N) is 1. The predicted octanol–water partition coefficient (Wildman–Crippen LogP) is 4.33. The second-order valence-corrected chi connectivity index (χ2v) is 6.44. The Labute approximate surface area is 146 Å². The van der Waals surface area contributed by atoms with Gasteiger partial charge in [0.15, 0.2) is 0 Å². The van der Waals surface area contributed by atoms with Gasteiger partial charge in [-0.1, -0.05) is 42.0 Å². The van der Waals surface area contributed by atoms with Crippen LogP contribution in [0.2, 0.25) is 0 Å². The van der Waals surface area contributed by atoms with Crippen molar-refractivity contribution in [1.29, 1.82) is 0 Å². The van der Waals surface area contributed by atoms with Crippen LogP contribution in [-0.4, -0.2) is 23.5 Å². The van der Waals surface area contributed by atoms with Gasteiger partial charge in [0, 0.05) is 12.6 Å². The summed E-state index contributed by atoms with van der Waals surface area (Å²) in [5.74, 6) is 0.0927. The molecule has 0 bridgehead atoms. The highest BCUT2D eigenvalue weighted by Crippen LogP contribution is 2.29. The van der Waals surface area contributed by atoms with E-state index in [2.05, 4.69) is 10.8 Å². The molecule has 0 saturated heterocycles.